The lowest BCUT2D eigenvalue weighted by Crippen LogP contribution is -2.42. The van der Waals surface area contributed by atoms with Gasteiger partial charge in [-0.3, -0.25) is 4.79 Å². The summed E-state index contributed by atoms with van der Waals surface area (Å²) < 4.78 is 5.44. The molecule has 2 aromatic heterocycles. The quantitative estimate of drug-likeness (QED) is 0.288. The molecule has 10 heteroatoms. The molecule has 4 N–H and O–H groups in total. The summed E-state index contributed by atoms with van der Waals surface area (Å²) in [4.78, 5) is 41.3. The number of H-pyrrole nitrogens is 1. The summed E-state index contributed by atoms with van der Waals surface area (Å²) in [5.41, 5.74) is 2.27. The molecule has 2 fully saturated rings. The Bertz CT molecular complexity index is 1380. The highest BCUT2D eigenvalue weighted by Gasteiger charge is 2.28. The molecule has 2 aliphatic rings. The molecule has 0 unspecified atom stereocenters. The van der Waals surface area contributed by atoms with Gasteiger partial charge in [0, 0.05) is 29.9 Å². The zero-order valence-corrected chi connectivity index (χ0v) is 24.8. The molecule has 5 rings (SSSR count). The van der Waals surface area contributed by atoms with Crippen molar-refractivity contribution < 1.29 is 14.3 Å². The number of hydrogen-bond donors (Lipinski definition) is 4. The van der Waals surface area contributed by atoms with E-state index in [1.54, 1.807) is 6.20 Å². The molecule has 3 aromatic rings. The predicted molar refractivity (Wildman–Crippen MR) is 162 cm³/mol. The first-order valence-corrected chi connectivity index (χ1v) is 14.8. The molecular weight excluding hydrogens is 518 g/mol. The van der Waals surface area contributed by atoms with Crippen molar-refractivity contribution in [2.75, 3.05) is 30.8 Å². The van der Waals surface area contributed by atoms with Crippen LogP contribution >= 0.6 is 0 Å². The van der Waals surface area contributed by atoms with Crippen LogP contribution in [0, 0.1) is 6.92 Å². The van der Waals surface area contributed by atoms with Gasteiger partial charge in [0.2, 0.25) is 5.95 Å². The maximum Gasteiger partial charge on any atom is 0.407 e. The third kappa shape index (κ3) is 7.16. The van der Waals surface area contributed by atoms with E-state index in [1.807, 2.05) is 52.0 Å². The number of rotatable bonds is 7. The van der Waals surface area contributed by atoms with Gasteiger partial charge >= 0.3 is 6.09 Å². The average Bonchev–Trinajstić information content (AvgIpc) is 3.34. The van der Waals surface area contributed by atoms with Crippen molar-refractivity contribution in [2.24, 2.45) is 0 Å². The van der Waals surface area contributed by atoms with E-state index in [9.17, 15) is 9.59 Å². The Labute approximate surface area is 242 Å². The van der Waals surface area contributed by atoms with Crippen molar-refractivity contribution in [1.82, 2.24) is 25.2 Å². The number of aromatic nitrogens is 3. The highest BCUT2D eigenvalue weighted by molar-refractivity contribution is 6.18. The number of carbonyl (C=O) groups is 2. The molecular formula is C31H43N7O3. The van der Waals surface area contributed by atoms with Crippen molar-refractivity contribution in [3.63, 3.8) is 0 Å². The Morgan fingerprint density at radius 1 is 0.927 bits per heavy atom. The lowest BCUT2D eigenvalue weighted by molar-refractivity contribution is 0.0492. The minimum atomic E-state index is -0.523. The number of likely N-dealkylation sites (tertiary alicyclic amines) is 1. The predicted octanol–water partition coefficient (Wildman–Crippen LogP) is 5.25. The zero-order chi connectivity index (χ0) is 29.1. The molecule has 1 aliphatic heterocycles. The van der Waals surface area contributed by atoms with Gasteiger partial charge in [-0.25, -0.2) is 4.79 Å². The number of carbonyl (C=O) groups excluding carboxylic acids is 2. The van der Waals surface area contributed by atoms with Crippen LogP contribution < -0.4 is 16.0 Å². The first-order chi connectivity index (χ1) is 19.6. The zero-order valence-electron chi connectivity index (χ0n) is 24.8. The second kappa shape index (κ2) is 12.1. The van der Waals surface area contributed by atoms with Crippen molar-refractivity contribution >= 4 is 34.7 Å². The molecule has 0 spiro atoms. The smallest absolute Gasteiger partial charge is 0.407 e. The summed E-state index contributed by atoms with van der Waals surface area (Å²) in [5, 5.41) is 10.9. The van der Waals surface area contributed by atoms with Gasteiger partial charge in [0.1, 0.15) is 17.1 Å². The maximum atomic E-state index is 13.7. The SMILES string of the molecule is Cc1ccccc1C(=O)c1c[nH]c2nc(NC3CCN(C)CC3)nc(N[C@H]3CC[C@@H](NC(=O)OC(C)(C)C)CC3)c12. The molecule has 1 aromatic carbocycles. The Morgan fingerprint density at radius 2 is 1.59 bits per heavy atom. The van der Waals surface area contributed by atoms with Crippen LogP contribution in [0.5, 0.6) is 0 Å². The van der Waals surface area contributed by atoms with Gasteiger partial charge in [0.25, 0.3) is 0 Å². The van der Waals surface area contributed by atoms with E-state index >= 15 is 0 Å². The Morgan fingerprint density at radius 3 is 2.27 bits per heavy atom. The largest absolute Gasteiger partial charge is 0.444 e. The van der Waals surface area contributed by atoms with Gasteiger partial charge in [-0.15, -0.1) is 0 Å². The number of ketones is 1. The second-order valence-corrected chi connectivity index (χ2v) is 12.5. The summed E-state index contributed by atoms with van der Waals surface area (Å²) >= 11 is 0. The summed E-state index contributed by atoms with van der Waals surface area (Å²) in [6.07, 6.45) is 6.79. The fourth-order valence-corrected chi connectivity index (χ4v) is 5.74. The van der Waals surface area contributed by atoms with E-state index in [1.165, 1.54) is 0 Å². The van der Waals surface area contributed by atoms with Crippen molar-refractivity contribution in [3.05, 3.63) is 47.2 Å². The number of anilines is 2. The van der Waals surface area contributed by atoms with Gasteiger partial charge in [-0.2, -0.15) is 9.97 Å². The number of alkyl carbamates (subject to hydrolysis) is 1. The number of nitrogens with zero attached hydrogens (tertiary/aromatic N) is 3. The van der Waals surface area contributed by atoms with Crippen molar-refractivity contribution in [3.8, 4) is 0 Å². The third-order valence-electron chi connectivity index (χ3n) is 8.01. The number of benzene rings is 1. The molecule has 1 amide bonds. The number of piperidine rings is 1. The van der Waals surface area contributed by atoms with Crippen molar-refractivity contribution in [1.29, 1.82) is 0 Å². The van der Waals surface area contributed by atoms with E-state index in [2.05, 4.69) is 32.9 Å². The molecule has 1 saturated carbocycles. The molecule has 3 heterocycles. The van der Waals surface area contributed by atoms with E-state index in [-0.39, 0.29) is 24.0 Å². The summed E-state index contributed by atoms with van der Waals surface area (Å²) in [7, 11) is 2.14. The van der Waals surface area contributed by atoms with E-state index in [0.29, 0.717) is 40.0 Å². The Kier molecular flexibility index (Phi) is 8.49. The number of aryl methyl sites for hydroxylation is 1. The average molecular weight is 562 g/mol. The minimum absolute atomic E-state index is 0.0534. The monoisotopic (exact) mass is 561 g/mol. The van der Waals surface area contributed by atoms with Crippen LogP contribution in [-0.4, -0.2) is 75.6 Å². The third-order valence-corrected chi connectivity index (χ3v) is 8.01. The summed E-state index contributed by atoms with van der Waals surface area (Å²) in [6, 6.07) is 8.15. The van der Waals surface area contributed by atoms with Gasteiger partial charge in [0.05, 0.1) is 10.9 Å². The molecule has 10 nitrogen and oxygen atoms in total. The fourth-order valence-electron chi connectivity index (χ4n) is 5.74. The highest BCUT2D eigenvalue weighted by Crippen LogP contribution is 2.31. The minimum Gasteiger partial charge on any atom is -0.444 e. The van der Waals surface area contributed by atoms with Crippen LogP contribution in [0.4, 0.5) is 16.6 Å². The van der Waals surface area contributed by atoms with Crippen LogP contribution in [0.2, 0.25) is 0 Å². The van der Waals surface area contributed by atoms with E-state index < -0.39 is 5.60 Å². The number of ether oxygens (including phenoxy) is 1. The van der Waals surface area contributed by atoms with Crippen molar-refractivity contribution in [2.45, 2.75) is 89.9 Å². The van der Waals surface area contributed by atoms with E-state index in [0.717, 1.165) is 57.2 Å². The standard InChI is InChI=1S/C31H43N7O3/c1-19-8-6-7-9-23(19)26(39)24-18-32-27-25(24)28(37-29(36-27)34-22-14-16-38(5)17-15-22)33-20-10-12-21(13-11-20)35-30(40)41-31(2,3)4/h6-9,18,20-22H,10-17H2,1-5H3,(H,35,40)(H3,32,33,34,36,37)/t20-,21+. The van der Waals surface area contributed by atoms with Gasteiger partial charge in [0.15, 0.2) is 5.78 Å². The Hall–Kier alpha value is -3.66. The lowest BCUT2D eigenvalue weighted by Gasteiger charge is -2.31. The highest BCUT2D eigenvalue weighted by atomic mass is 16.6. The first kappa shape index (κ1) is 28.9. The van der Waals surface area contributed by atoms with Crippen LogP contribution in [-0.2, 0) is 4.74 Å². The van der Waals surface area contributed by atoms with E-state index in [4.69, 9.17) is 14.7 Å². The normalized spacial score (nSPS) is 20.5. The van der Waals surface area contributed by atoms with Crippen LogP contribution in [0.25, 0.3) is 11.0 Å². The summed E-state index contributed by atoms with van der Waals surface area (Å²) in [5.74, 6) is 1.17. The van der Waals surface area contributed by atoms with Crippen LogP contribution in [0.3, 0.4) is 0 Å². The van der Waals surface area contributed by atoms with Gasteiger partial charge < -0.3 is 30.6 Å². The fraction of sp³-hybridized carbons (Fsp3) is 0.548. The number of aromatic amines is 1. The second-order valence-electron chi connectivity index (χ2n) is 12.5. The van der Waals surface area contributed by atoms with Gasteiger partial charge in [-0.05, 0) is 91.9 Å². The Balaban J connectivity index is 1.37. The molecule has 1 saturated heterocycles. The molecule has 0 bridgehead atoms. The lowest BCUT2D eigenvalue weighted by atomic mass is 9.91. The first-order valence-electron chi connectivity index (χ1n) is 14.8. The van der Waals surface area contributed by atoms with Crippen LogP contribution in [0.15, 0.2) is 30.5 Å². The summed E-state index contributed by atoms with van der Waals surface area (Å²) in [6.45, 7) is 9.61. The maximum absolute atomic E-state index is 13.7. The molecule has 220 valence electrons. The number of nitrogens with one attached hydrogen (secondary N) is 4. The number of fused-ring (bicyclic) bond motifs is 1. The molecule has 0 atom stereocenters. The van der Waals surface area contributed by atoms with Crippen LogP contribution in [0.1, 0.15) is 80.8 Å². The number of amides is 1. The number of hydrogen-bond acceptors (Lipinski definition) is 8. The molecule has 0 radical (unpaired) electrons. The molecule has 41 heavy (non-hydrogen) atoms. The van der Waals surface area contributed by atoms with Gasteiger partial charge in [-0.1, -0.05) is 24.3 Å². The molecule has 1 aliphatic carbocycles. The topological polar surface area (TPSA) is 124 Å².